The number of rotatable bonds is 48. The van der Waals surface area contributed by atoms with Gasteiger partial charge in [0.1, 0.15) is 77.1 Å². The van der Waals surface area contributed by atoms with E-state index in [0.29, 0.717) is 94.3 Å². The van der Waals surface area contributed by atoms with Crippen molar-refractivity contribution in [2.24, 2.45) is 46.7 Å². The molecule has 1 spiro atoms. The number of nitrogens with two attached hydrogens (primary N) is 4. The van der Waals surface area contributed by atoms with Gasteiger partial charge in [0.2, 0.25) is 59.6 Å². The molecule has 3 aliphatic heterocycles. The van der Waals surface area contributed by atoms with Crippen LogP contribution in [0, 0.1) is 29.1 Å². The Balaban J connectivity index is 0.662. The summed E-state index contributed by atoms with van der Waals surface area (Å²) in [7, 11) is 0. The first-order valence-corrected chi connectivity index (χ1v) is 44.8. The zero-order valence-electron chi connectivity index (χ0n) is 74.7. The molecule has 2 aromatic heterocycles. The maximum atomic E-state index is 15.4. The van der Waals surface area contributed by atoms with Gasteiger partial charge < -0.3 is 140 Å². The molecule has 43 nitrogen and oxygen atoms in total. The zero-order chi connectivity index (χ0) is 96.6. The Bertz CT molecular complexity index is 5430. The van der Waals surface area contributed by atoms with E-state index in [1.807, 2.05) is 0 Å². The van der Waals surface area contributed by atoms with Crippen LogP contribution >= 0.6 is 0 Å². The van der Waals surface area contributed by atoms with Gasteiger partial charge in [0.25, 0.3) is 5.91 Å². The molecular formula is C92H117N21O22. The van der Waals surface area contributed by atoms with Gasteiger partial charge in [-0.1, -0.05) is 50.2 Å². The van der Waals surface area contributed by atoms with Crippen LogP contribution in [-0.2, 0) is 91.8 Å². The fourth-order valence-electron chi connectivity index (χ4n) is 17.6. The highest BCUT2D eigenvalue weighted by molar-refractivity contribution is 6.03. The van der Waals surface area contributed by atoms with Gasteiger partial charge >= 0.3 is 12.1 Å². The second-order valence-electron chi connectivity index (χ2n) is 34.2. The number of hydrogen-bond donors (Lipinski definition) is 22. The van der Waals surface area contributed by atoms with Crippen molar-refractivity contribution in [3.8, 4) is 28.7 Å². The van der Waals surface area contributed by atoms with Gasteiger partial charge in [-0.05, 0) is 160 Å². The number of guanidine groups is 1. The molecule has 7 aromatic rings. The minimum absolute atomic E-state index is 0.0176. The highest BCUT2D eigenvalue weighted by Crippen LogP contribution is 2.58. The number of nitrogens with one attached hydrogen (secondary N) is 14. The molecule has 5 aromatic carbocycles. The van der Waals surface area contributed by atoms with E-state index in [2.05, 4.69) is 73.4 Å². The summed E-state index contributed by atoms with van der Waals surface area (Å²) in [5, 5.41) is 81.0. The minimum atomic E-state index is -1.83. The van der Waals surface area contributed by atoms with Gasteiger partial charge in [0.05, 0.1) is 63.8 Å². The zero-order valence-corrected chi connectivity index (χ0v) is 74.7. The number of aliphatic hydroxyl groups excluding tert-OH is 1. The first-order chi connectivity index (χ1) is 64.9. The van der Waals surface area contributed by atoms with Crippen molar-refractivity contribution in [3.63, 3.8) is 0 Å². The smallest absolute Gasteiger partial charge is 0.407 e. The summed E-state index contributed by atoms with van der Waals surface area (Å²) in [5.41, 5.74) is 21.0. The van der Waals surface area contributed by atoms with Crippen molar-refractivity contribution < 1.29 is 106 Å². The number of benzene rings is 5. The Hall–Kier alpha value is -14.6. The number of aromatic nitrogens is 3. The van der Waals surface area contributed by atoms with Crippen LogP contribution in [-0.4, -0.2) is 256 Å². The van der Waals surface area contributed by atoms with E-state index in [1.54, 1.807) is 68.6 Å². The minimum Gasteiger partial charge on any atom is -0.508 e. The Kier molecular flexibility index (Phi) is 34.4. The lowest BCUT2D eigenvalue weighted by Gasteiger charge is -2.36. The SMILES string of the molecule is CC(C)C[C@H](NC(=O)[C@@H](CCCN(N)/C1=C(\N)CCC2[C@@H](COC(=O)NCCOCCOCCNC(=O)c3ccc4c(c3)C(=O)OC43c4ccc(O)cc4Oc4cc(O)ccc43)[C@H]2CC1)NC(=O)[C@H](Cc1ccc(O)cc1)NC(=O)[C@H](CO)NC(=O)[C@H](Cc1c[nH]c2ccccc12)NC(=O)[C@H](Cc1c[nH]cn1)NC=O)C(=O)N[C@@H](CCCNC(=N)N)C(=O)N1CCC[C@H]1C(=O)NCC(N)=O. The predicted octanol–water partition coefficient (Wildman–Crippen LogP) is 0.273. The Morgan fingerprint density at radius 2 is 1.27 bits per heavy atom. The molecule has 12 rings (SSSR count). The van der Waals surface area contributed by atoms with E-state index >= 15 is 9.59 Å². The molecule has 12 amide bonds. The van der Waals surface area contributed by atoms with Gasteiger partial charge in [-0.15, -0.1) is 0 Å². The lowest BCUT2D eigenvalue weighted by molar-refractivity contribution is -0.142. The van der Waals surface area contributed by atoms with Crippen molar-refractivity contribution in [3.05, 3.63) is 178 Å². The number of fused-ring (bicyclic) bond motifs is 8. The number of aromatic hydroxyl groups is 3. The fourth-order valence-corrected chi connectivity index (χ4v) is 17.6. The van der Waals surface area contributed by atoms with Gasteiger partial charge in [-0.25, -0.2) is 20.4 Å². The maximum absolute atomic E-state index is 15.4. The molecule has 26 N–H and O–H groups in total. The van der Waals surface area contributed by atoms with E-state index in [1.165, 1.54) is 77.0 Å². The molecule has 2 fully saturated rings. The van der Waals surface area contributed by atoms with Crippen LogP contribution in [0.25, 0.3) is 10.9 Å². The van der Waals surface area contributed by atoms with Crippen molar-refractivity contribution in [1.29, 1.82) is 5.41 Å². The number of alkyl carbamates (subject to hydrolysis) is 1. The fraction of sp³-hybridized carbons (Fsp3) is 0.446. The average molecular weight is 1870 g/mol. The van der Waals surface area contributed by atoms with E-state index in [9.17, 15) is 73.2 Å². The number of primary amides is 1. The lowest BCUT2D eigenvalue weighted by Crippen LogP contribution is -2.61. The number of ether oxygens (including phenoxy) is 5. The number of aliphatic hydroxyl groups is 1. The molecule has 135 heavy (non-hydrogen) atoms. The van der Waals surface area contributed by atoms with Crippen LogP contribution in [0.4, 0.5) is 4.79 Å². The molecule has 5 aliphatic rings. The first-order valence-electron chi connectivity index (χ1n) is 44.8. The number of esters is 1. The highest BCUT2D eigenvalue weighted by atomic mass is 16.6. The van der Waals surface area contributed by atoms with Gasteiger partial charge in [-0.2, -0.15) is 0 Å². The summed E-state index contributed by atoms with van der Waals surface area (Å²) in [6.07, 6.45) is 6.26. The molecule has 1 saturated carbocycles. The van der Waals surface area contributed by atoms with Crippen LogP contribution < -0.4 is 86.3 Å². The Labute approximate surface area is 776 Å². The van der Waals surface area contributed by atoms with Gasteiger partial charge in [-0.3, -0.25) is 58.1 Å². The predicted molar refractivity (Wildman–Crippen MR) is 485 cm³/mol. The van der Waals surface area contributed by atoms with E-state index in [0.717, 1.165) is 0 Å². The molecule has 0 bridgehead atoms. The number of imidazole rings is 1. The molecule has 722 valence electrons. The van der Waals surface area contributed by atoms with E-state index in [-0.39, 0.29) is 193 Å². The largest absolute Gasteiger partial charge is 0.508 e. The molecule has 2 aliphatic carbocycles. The summed E-state index contributed by atoms with van der Waals surface area (Å²) in [4.78, 5) is 192. The van der Waals surface area contributed by atoms with Crippen LogP contribution in [0.2, 0.25) is 0 Å². The number of phenolic OH excluding ortho intramolecular Hbond substituents is 3. The van der Waals surface area contributed by atoms with Crippen molar-refractivity contribution in [1.82, 2.24) is 83.3 Å². The molecular weight excluding hydrogens is 1750 g/mol. The Morgan fingerprint density at radius 3 is 1.93 bits per heavy atom. The molecule has 43 heteroatoms. The molecule has 1 saturated heterocycles. The number of nitrogens with zero attached hydrogens (tertiary/aromatic N) is 3. The normalized spacial score (nSPS) is 18.1. The number of carbonyl (C=O) groups is 13. The lowest BCUT2D eigenvalue weighted by atomic mass is 9.77. The second-order valence-corrected chi connectivity index (χ2v) is 34.2. The van der Waals surface area contributed by atoms with E-state index in [4.69, 9.17) is 52.1 Å². The Morgan fingerprint density at radius 1 is 0.659 bits per heavy atom. The summed E-state index contributed by atoms with van der Waals surface area (Å²) in [5.74, 6) is -2.18. The van der Waals surface area contributed by atoms with Crippen molar-refractivity contribution in [2.75, 3.05) is 78.9 Å². The topological polar surface area (TPSA) is 660 Å². The number of hydrazine groups is 1. The maximum Gasteiger partial charge on any atom is 0.407 e. The third-order valence-electron chi connectivity index (χ3n) is 24.4. The number of likely N-dealkylation sites (tertiary alicyclic amines) is 1. The second kappa shape index (κ2) is 46.7. The summed E-state index contributed by atoms with van der Waals surface area (Å²) in [6.45, 7) is 3.22. The van der Waals surface area contributed by atoms with Crippen molar-refractivity contribution >= 4 is 94.4 Å². The number of carbonyl (C=O) groups excluding carboxylic acids is 13. The van der Waals surface area contributed by atoms with Crippen LogP contribution in [0.1, 0.15) is 139 Å². The van der Waals surface area contributed by atoms with Crippen LogP contribution in [0.3, 0.4) is 0 Å². The monoisotopic (exact) mass is 1870 g/mol. The number of hydrogen-bond acceptors (Lipinski definition) is 27. The van der Waals surface area contributed by atoms with E-state index < -0.39 is 138 Å². The number of allylic oxidation sites excluding steroid dienone is 2. The number of H-pyrrole nitrogens is 2. The van der Waals surface area contributed by atoms with Crippen molar-refractivity contribution in [2.45, 2.75) is 158 Å². The number of para-hydroxylation sites is 1. The number of amides is 12. The van der Waals surface area contributed by atoms with Crippen LogP contribution in [0.15, 0.2) is 133 Å². The molecule has 0 radical (unpaired) electrons. The third-order valence-corrected chi connectivity index (χ3v) is 24.4. The summed E-state index contributed by atoms with van der Waals surface area (Å²) >= 11 is 0. The van der Waals surface area contributed by atoms with Gasteiger partial charge in [0.15, 0.2) is 11.6 Å². The number of phenols is 3. The quantitative estimate of drug-likeness (QED) is 0.00463. The standard InChI is InChI=1S/C92H117N21O22/c1-50(2)36-71(83(123)107-69(10-5-27-100-90(95)96)88(128)112-30-7-12-76(112)87(127)103-45-79(94)119)108-81(121)68(106-84(124)72(37-51-13-16-55(116)17-14-51)109-86(126)74(46-114)111-85(125)73(39-53-43-102-67-9-4-3-8-58(53)67)110-82(122)70(105-49-115)40-54-44-98-48-104-54)11-6-31-113(97)75-26-21-60-59(20-25-66(75)93)62(60)47-133-91(130)101-29-33-132-35-34-131-32-28-99-80(120)52-15-22-63-61(38-52)89(129)135-92(63)64-23-18-56(117)41-77(64)134-78-42-57(118)19-24-65(78)92/h3-4,8-9,13-19,22-24,38,41-44,48-50,59-60,62,68-74,76,102,114,116-118H,5-7,10-12,20-21,25-37,39-40,45-47,93,97H2,1-2H3,(H2,94,119)(H,98,104)(H,99,120)(H,101,130)(H,103,127)(H,105,115)(H,106,124)(H,107,123)(H,108,121)(H,109,126)(H,110,122)(H,111,125)(H4,95,96,100)/b75-66-/t59?,60-,62+,68+,69-,70-,71-,72-,73-,74-,76-/m0/s1. The first kappa shape index (κ1) is 99.4. The van der Waals surface area contributed by atoms with Gasteiger partial charge in [0, 0.05) is 121 Å². The average Bonchev–Trinajstić information content (AvgIpc) is 1.68. The van der Waals surface area contributed by atoms with Crippen LogP contribution in [0.5, 0.6) is 28.7 Å². The molecule has 1 unspecified atom stereocenters. The highest BCUT2D eigenvalue weighted by Gasteiger charge is 2.55. The third kappa shape index (κ3) is 26.0. The summed E-state index contributed by atoms with van der Waals surface area (Å²) in [6, 6.07) is 14.7. The summed E-state index contributed by atoms with van der Waals surface area (Å²) < 4.78 is 29.1. The number of aromatic amines is 2. The molecule has 5 heterocycles. The molecule has 11 atom stereocenters.